The van der Waals surface area contributed by atoms with E-state index in [2.05, 4.69) is 4.90 Å². The molecule has 0 aliphatic carbocycles. The molecule has 1 aromatic heterocycles. The van der Waals surface area contributed by atoms with E-state index in [1.54, 1.807) is 6.07 Å². The number of amides is 1. The molecule has 1 atom stereocenters. The second-order valence-electron chi connectivity index (χ2n) is 6.51. The van der Waals surface area contributed by atoms with E-state index in [1.165, 1.54) is 24.7 Å². The van der Waals surface area contributed by atoms with Gasteiger partial charge >= 0.3 is 0 Å². The number of rotatable bonds is 3. The topological polar surface area (TPSA) is 36.7 Å². The van der Waals surface area contributed by atoms with Crippen LogP contribution in [0.15, 0.2) is 47.3 Å². The van der Waals surface area contributed by atoms with Gasteiger partial charge in [0.2, 0.25) is 0 Å². The van der Waals surface area contributed by atoms with Gasteiger partial charge in [-0.2, -0.15) is 0 Å². The summed E-state index contributed by atoms with van der Waals surface area (Å²) >= 11 is 0. The number of furan rings is 1. The van der Waals surface area contributed by atoms with Crippen molar-refractivity contribution in [1.29, 1.82) is 0 Å². The van der Waals surface area contributed by atoms with Gasteiger partial charge in [0.25, 0.3) is 5.91 Å². The standard InChI is InChI=1S/C18H19FN2O2/c19-16-3-1-14(2-4-16)11-21-9-7-18(21)6-8-20(13-18)17(22)15-5-10-23-12-15/h1-5,10,12H,6-9,11,13H2/t18-/m1/s1. The van der Waals surface area contributed by atoms with Crippen LogP contribution in [-0.4, -0.2) is 40.9 Å². The summed E-state index contributed by atoms with van der Waals surface area (Å²) in [6, 6.07) is 8.40. The second kappa shape index (κ2) is 5.49. The van der Waals surface area contributed by atoms with E-state index in [1.807, 2.05) is 17.0 Å². The fraction of sp³-hybridized carbons (Fsp3) is 0.389. The number of nitrogens with zero attached hydrogens (tertiary/aromatic N) is 2. The maximum Gasteiger partial charge on any atom is 0.257 e. The Morgan fingerprint density at radius 2 is 1.96 bits per heavy atom. The van der Waals surface area contributed by atoms with Crippen LogP contribution in [0.1, 0.15) is 28.8 Å². The summed E-state index contributed by atoms with van der Waals surface area (Å²) in [6.07, 6.45) is 5.15. The fourth-order valence-corrected chi connectivity index (χ4v) is 3.70. The molecule has 0 radical (unpaired) electrons. The maximum atomic E-state index is 13.0. The number of hydrogen-bond donors (Lipinski definition) is 0. The van der Waals surface area contributed by atoms with Crippen LogP contribution >= 0.6 is 0 Å². The predicted octanol–water partition coefficient (Wildman–Crippen LogP) is 2.91. The lowest BCUT2D eigenvalue weighted by Crippen LogP contribution is -2.60. The molecule has 0 bridgehead atoms. The van der Waals surface area contributed by atoms with Crippen molar-refractivity contribution in [1.82, 2.24) is 9.80 Å². The van der Waals surface area contributed by atoms with Gasteiger partial charge in [-0.1, -0.05) is 12.1 Å². The summed E-state index contributed by atoms with van der Waals surface area (Å²) in [4.78, 5) is 16.8. The summed E-state index contributed by atoms with van der Waals surface area (Å²) in [5, 5.41) is 0. The Kier molecular flexibility index (Phi) is 3.45. The average molecular weight is 314 g/mol. The molecule has 0 unspecified atom stereocenters. The van der Waals surface area contributed by atoms with E-state index < -0.39 is 0 Å². The number of hydrogen-bond acceptors (Lipinski definition) is 3. The smallest absolute Gasteiger partial charge is 0.257 e. The van der Waals surface area contributed by atoms with Crippen molar-refractivity contribution in [2.75, 3.05) is 19.6 Å². The van der Waals surface area contributed by atoms with Crippen LogP contribution in [0.3, 0.4) is 0 Å². The average Bonchev–Trinajstić information content (AvgIpc) is 3.23. The third-order valence-corrected chi connectivity index (χ3v) is 5.19. The summed E-state index contributed by atoms with van der Waals surface area (Å²) in [7, 11) is 0. The maximum absolute atomic E-state index is 13.0. The molecule has 4 nitrogen and oxygen atoms in total. The molecule has 1 aromatic carbocycles. The van der Waals surface area contributed by atoms with Gasteiger partial charge < -0.3 is 9.32 Å². The largest absolute Gasteiger partial charge is 0.472 e. The van der Waals surface area contributed by atoms with Crippen molar-refractivity contribution in [3.63, 3.8) is 0 Å². The molecule has 5 heteroatoms. The molecule has 1 spiro atoms. The lowest BCUT2D eigenvalue weighted by atomic mass is 9.83. The quantitative estimate of drug-likeness (QED) is 0.874. The normalized spacial score (nSPS) is 24.1. The molecule has 120 valence electrons. The van der Waals surface area contributed by atoms with Crippen molar-refractivity contribution >= 4 is 5.91 Å². The Morgan fingerprint density at radius 1 is 1.17 bits per heavy atom. The van der Waals surface area contributed by atoms with Gasteiger partial charge in [-0.3, -0.25) is 9.69 Å². The summed E-state index contributed by atoms with van der Waals surface area (Å²) in [5.74, 6) is -0.158. The van der Waals surface area contributed by atoms with Gasteiger partial charge in [0, 0.05) is 31.7 Å². The van der Waals surface area contributed by atoms with Crippen LogP contribution in [0.25, 0.3) is 0 Å². The van der Waals surface area contributed by atoms with E-state index >= 15 is 0 Å². The van der Waals surface area contributed by atoms with E-state index in [0.29, 0.717) is 5.56 Å². The monoisotopic (exact) mass is 314 g/mol. The van der Waals surface area contributed by atoms with Crippen molar-refractivity contribution < 1.29 is 13.6 Å². The molecule has 23 heavy (non-hydrogen) atoms. The second-order valence-corrected chi connectivity index (χ2v) is 6.51. The van der Waals surface area contributed by atoms with Crippen molar-refractivity contribution in [2.45, 2.75) is 24.9 Å². The Morgan fingerprint density at radius 3 is 2.61 bits per heavy atom. The molecule has 0 N–H and O–H groups in total. The van der Waals surface area contributed by atoms with Crippen LogP contribution < -0.4 is 0 Å². The molecule has 2 aliphatic rings. The Hall–Kier alpha value is -2.14. The lowest BCUT2D eigenvalue weighted by molar-refractivity contribution is -0.0131. The molecule has 2 aromatic rings. The van der Waals surface area contributed by atoms with Crippen LogP contribution in [0, 0.1) is 5.82 Å². The van der Waals surface area contributed by atoms with E-state index in [4.69, 9.17) is 4.42 Å². The molecular formula is C18H19FN2O2. The summed E-state index contributed by atoms with van der Waals surface area (Å²) in [5.41, 5.74) is 1.82. The SMILES string of the molecule is O=C(c1ccoc1)N1CC[C@@]2(CCN2Cc2ccc(F)cc2)C1. The zero-order chi connectivity index (χ0) is 15.9. The van der Waals surface area contributed by atoms with Crippen LogP contribution in [-0.2, 0) is 6.54 Å². The third kappa shape index (κ3) is 2.55. The molecule has 3 heterocycles. The van der Waals surface area contributed by atoms with E-state index in [-0.39, 0.29) is 17.3 Å². The molecule has 1 amide bonds. The van der Waals surface area contributed by atoms with Crippen molar-refractivity contribution in [2.24, 2.45) is 0 Å². The van der Waals surface area contributed by atoms with Crippen LogP contribution in [0.2, 0.25) is 0 Å². The van der Waals surface area contributed by atoms with Crippen LogP contribution in [0.4, 0.5) is 4.39 Å². The highest BCUT2D eigenvalue weighted by molar-refractivity contribution is 5.94. The van der Waals surface area contributed by atoms with Gasteiger partial charge in [-0.15, -0.1) is 0 Å². The van der Waals surface area contributed by atoms with Gasteiger partial charge in [0.1, 0.15) is 12.1 Å². The summed E-state index contributed by atoms with van der Waals surface area (Å²) < 4.78 is 18.0. The fourth-order valence-electron chi connectivity index (χ4n) is 3.70. The van der Waals surface area contributed by atoms with Gasteiger partial charge in [-0.05, 0) is 36.6 Å². The van der Waals surface area contributed by atoms with Crippen LogP contribution in [0.5, 0.6) is 0 Å². The zero-order valence-electron chi connectivity index (χ0n) is 12.9. The highest BCUT2D eigenvalue weighted by Gasteiger charge is 2.50. The van der Waals surface area contributed by atoms with Crippen molar-refractivity contribution in [3.8, 4) is 0 Å². The highest BCUT2D eigenvalue weighted by Crippen LogP contribution is 2.40. The first kappa shape index (κ1) is 14.5. The minimum atomic E-state index is -0.204. The van der Waals surface area contributed by atoms with E-state index in [0.717, 1.165) is 44.6 Å². The molecule has 2 aliphatic heterocycles. The Labute approximate surface area is 134 Å². The number of halogens is 1. The Balaban J connectivity index is 1.43. The first-order valence-electron chi connectivity index (χ1n) is 7.97. The van der Waals surface area contributed by atoms with Gasteiger partial charge in [0.15, 0.2) is 0 Å². The molecule has 2 saturated heterocycles. The molecule has 2 fully saturated rings. The minimum absolute atomic E-state index is 0.0456. The summed E-state index contributed by atoms with van der Waals surface area (Å²) in [6.45, 7) is 3.39. The molecule has 0 saturated carbocycles. The number of carbonyl (C=O) groups is 1. The van der Waals surface area contributed by atoms with E-state index in [9.17, 15) is 9.18 Å². The third-order valence-electron chi connectivity index (χ3n) is 5.19. The van der Waals surface area contributed by atoms with Gasteiger partial charge in [0.05, 0.1) is 11.8 Å². The lowest BCUT2D eigenvalue weighted by Gasteiger charge is -2.50. The minimum Gasteiger partial charge on any atom is -0.472 e. The number of carbonyl (C=O) groups excluding carboxylic acids is 1. The highest BCUT2D eigenvalue weighted by atomic mass is 19.1. The predicted molar refractivity (Wildman–Crippen MR) is 83.4 cm³/mol. The molecule has 4 rings (SSSR count). The number of benzene rings is 1. The van der Waals surface area contributed by atoms with Crippen molar-refractivity contribution in [3.05, 3.63) is 59.8 Å². The zero-order valence-corrected chi connectivity index (χ0v) is 12.9. The van der Waals surface area contributed by atoms with Gasteiger partial charge in [-0.25, -0.2) is 4.39 Å². The number of likely N-dealkylation sites (tertiary alicyclic amines) is 2. The molecular weight excluding hydrogens is 295 g/mol. The first-order chi connectivity index (χ1) is 11.2. The first-order valence-corrected chi connectivity index (χ1v) is 7.97. The Bertz CT molecular complexity index is 698.